The number of sulfone groups is 1. The van der Waals surface area contributed by atoms with E-state index < -0.39 is 9.84 Å². The second-order valence-electron chi connectivity index (χ2n) is 4.90. The van der Waals surface area contributed by atoms with Crippen LogP contribution < -0.4 is 5.73 Å². The minimum atomic E-state index is -3.12. The van der Waals surface area contributed by atoms with Gasteiger partial charge in [0.05, 0.1) is 4.90 Å². The summed E-state index contributed by atoms with van der Waals surface area (Å²) in [6.45, 7) is 1.99. The summed E-state index contributed by atoms with van der Waals surface area (Å²) < 4.78 is 22.9. The highest BCUT2D eigenvalue weighted by molar-refractivity contribution is 7.90. The highest BCUT2D eigenvalue weighted by Crippen LogP contribution is 2.36. The van der Waals surface area contributed by atoms with Gasteiger partial charge in [-0.25, -0.2) is 8.42 Å². The Hall–Kier alpha value is -0.870. The van der Waals surface area contributed by atoms with Gasteiger partial charge in [-0.15, -0.1) is 0 Å². The van der Waals surface area contributed by atoms with Gasteiger partial charge < -0.3 is 5.73 Å². The second kappa shape index (κ2) is 3.57. The first-order chi connectivity index (χ1) is 7.30. The molecule has 1 fully saturated rings. The van der Waals surface area contributed by atoms with E-state index in [1.165, 1.54) is 6.26 Å². The Morgan fingerprint density at radius 2 is 2.00 bits per heavy atom. The fourth-order valence-electron chi connectivity index (χ4n) is 1.79. The van der Waals surface area contributed by atoms with Gasteiger partial charge in [-0.2, -0.15) is 0 Å². The average molecular weight is 239 g/mol. The van der Waals surface area contributed by atoms with Crippen LogP contribution in [-0.4, -0.2) is 20.2 Å². The van der Waals surface area contributed by atoms with E-state index in [0.717, 1.165) is 30.4 Å². The molecule has 88 valence electrons. The summed E-state index contributed by atoms with van der Waals surface area (Å²) in [5.41, 5.74) is 8.15. The van der Waals surface area contributed by atoms with Crippen molar-refractivity contribution in [3.63, 3.8) is 0 Å². The smallest absolute Gasteiger partial charge is 0.175 e. The summed E-state index contributed by atoms with van der Waals surface area (Å²) in [7, 11) is -3.12. The molecular formula is C12H17NO2S. The maximum atomic E-state index is 11.4. The quantitative estimate of drug-likeness (QED) is 0.868. The van der Waals surface area contributed by atoms with E-state index >= 15 is 0 Å². The van der Waals surface area contributed by atoms with Crippen LogP contribution in [-0.2, 0) is 16.3 Å². The lowest BCUT2D eigenvalue weighted by molar-refractivity contribution is 0.601. The Labute approximate surface area is 96.6 Å². The molecule has 0 spiro atoms. The highest BCUT2D eigenvalue weighted by atomic mass is 32.2. The molecular weight excluding hydrogens is 222 g/mol. The minimum absolute atomic E-state index is 0.0825. The SMILES string of the molecule is Cc1ccc(S(C)(=O)=O)cc1CC1(N)CC1. The summed E-state index contributed by atoms with van der Waals surface area (Å²) in [5.74, 6) is 0. The van der Waals surface area contributed by atoms with Crippen LogP contribution in [0, 0.1) is 6.92 Å². The van der Waals surface area contributed by atoms with Gasteiger partial charge in [0.25, 0.3) is 0 Å². The van der Waals surface area contributed by atoms with Crippen LogP contribution in [0.25, 0.3) is 0 Å². The third kappa shape index (κ3) is 2.44. The van der Waals surface area contributed by atoms with Crippen LogP contribution >= 0.6 is 0 Å². The molecule has 1 aliphatic carbocycles. The first-order valence-electron chi connectivity index (χ1n) is 5.39. The molecule has 0 amide bonds. The zero-order chi connectivity index (χ0) is 12.0. The zero-order valence-corrected chi connectivity index (χ0v) is 10.5. The molecule has 0 bridgehead atoms. The van der Waals surface area contributed by atoms with E-state index in [2.05, 4.69) is 0 Å². The summed E-state index contributed by atoms with van der Waals surface area (Å²) >= 11 is 0. The Morgan fingerprint density at radius 3 is 2.50 bits per heavy atom. The van der Waals surface area contributed by atoms with Crippen molar-refractivity contribution in [3.05, 3.63) is 29.3 Å². The van der Waals surface area contributed by atoms with Gasteiger partial charge in [0.2, 0.25) is 0 Å². The van der Waals surface area contributed by atoms with Crippen molar-refractivity contribution in [2.45, 2.75) is 36.6 Å². The number of benzene rings is 1. The van der Waals surface area contributed by atoms with Crippen molar-refractivity contribution in [3.8, 4) is 0 Å². The topological polar surface area (TPSA) is 60.2 Å². The molecule has 1 aliphatic rings. The molecule has 0 radical (unpaired) electrons. The molecule has 0 heterocycles. The van der Waals surface area contributed by atoms with Crippen LogP contribution in [0.1, 0.15) is 24.0 Å². The van der Waals surface area contributed by atoms with Gasteiger partial charge >= 0.3 is 0 Å². The Balaban J connectivity index is 2.37. The number of rotatable bonds is 3. The molecule has 4 heteroatoms. The van der Waals surface area contributed by atoms with E-state index in [1.54, 1.807) is 12.1 Å². The number of hydrogen-bond acceptors (Lipinski definition) is 3. The molecule has 1 aromatic rings. The molecule has 16 heavy (non-hydrogen) atoms. The van der Waals surface area contributed by atoms with Gasteiger partial charge in [0, 0.05) is 11.8 Å². The molecule has 0 aliphatic heterocycles. The third-order valence-electron chi connectivity index (χ3n) is 3.18. The Bertz CT molecular complexity index is 516. The van der Waals surface area contributed by atoms with Crippen molar-refractivity contribution in [2.75, 3.05) is 6.26 Å². The number of aryl methyl sites for hydroxylation is 1. The monoisotopic (exact) mass is 239 g/mol. The van der Waals surface area contributed by atoms with E-state index in [9.17, 15) is 8.42 Å². The molecule has 0 saturated heterocycles. The lowest BCUT2D eigenvalue weighted by Crippen LogP contribution is -2.25. The van der Waals surface area contributed by atoms with E-state index in [0.29, 0.717) is 4.90 Å². The van der Waals surface area contributed by atoms with Crippen molar-refractivity contribution < 1.29 is 8.42 Å². The van der Waals surface area contributed by atoms with Crippen LogP contribution in [0.2, 0.25) is 0 Å². The summed E-state index contributed by atoms with van der Waals surface area (Å²) in [6, 6.07) is 5.28. The molecule has 0 unspecified atom stereocenters. The van der Waals surface area contributed by atoms with Crippen LogP contribution in [0.5, 0.6) is 0 Å². The molecule has 0 atom stereocenters. The van der Waals surface area contributed by atoms with Crippen molar-refractivity contribution in [1.82, 2.24) is 0 Å². The third-order valence-corrected chi connectivity index (χ3v) is 4.29. The predicted octanol–water partition coefficient (Wildman–Crippen LogP) is 1.43. The molecule has 2 N–H and O–H groups in total. The first-order valence-corrected chi connectivity index (χ1v) is 7.28. The van der Waals surface area contributed by atoms with Gasteiger partial charge in [-0.05, 0) is 49.4 Å². The van der Waals surface area contributed by atoms with Gasteiger partial charge in [-0.3, -0.25) is 0 Å². The summed E-state index contributed by atoms with van der Waals surface area (Å²) in [4.78, 5) is 0.386. The van der Waals surface area contributed by atoms with Crippen molar-refractivity contribution >= 4 is 9.84 Å². The van der Waals surface area contributed by atoms with E-state index in [-0.39, 0.29) is 5.54 Å². The lowest BCUT2D eigenvalue weighted by Gasteiger charge is -2.12. The van der Waals surface area contributed by atoms with E-state index in [4.69, 9.17) is 5.73 Å². The maximum absolute atomic E-state index is 11.4. The average Bonchev–Trinajstić information content (AvgIpc) is 2.86. The molecule has 2 rings (SSSR count). The molecule has 0 aromatic heterocycles. The van der Waals surface area contributed by atoms with Crippen LogP contribution in [0.4, 0.5) is 0 Å². The van der Waals surface area contributed by atoms with Crippen LogP contribution in [0.15, 0.2) is 23.1 Å². The largest absolute Gasteiger partial charge is 0.325 e. The van der Waals surface area contributed by atoms with Gasteiger partial charge in [0.1, 0.15) is 0 Å². The lowest BCUT2D eigenvalue weighted by atomic mass is 10.0. The van der Waals surface area contributed by atoms with Crippen molar-refractivity contribution in [1.29, 1.82) is 0 Å². The molecule has 1 saturated carbocycles. The zero-order valence-electron chi connectivity index (χ0n) is 9.66. The Morgan fingerprint density at radius 1 is 1.38 bits per heavy atom. The Kier molecular flexibility index (Phi) is 2.59. The summed E-state index contributed by atoms with van der Waals surface area (Å²) in [6.07, 6.45) is 4.09. The highest BCUT2D eigenvalue weighted by Gasteiger charge is 2.38. The minimum Gasteiger partial charge on any atom is -0.325 e. The second-order valence-corrected chi connectivity index (χ2v) is 6.92. The normalized spacial score (nSPS) is 18.4. The standard InChI is InChI=1S/C12H17NO2S/c1-9-3-4-11(16(2,14)15)7-10(9)8-12(13)5-6-12/h3-4,7H,5-6,8,13H2,1-2H3. The number of hydrogen-bond donors (Lipinski definition) is 1. The van der Waals surface area contributed by atoms with Gasteiger partial charge in [-0.1, -0.05) is 6.07 Å². The summed E-state index contributed by atoms with van der Waals surface area (Å²) in [5, 5.41) is 0. The van der Waals surface area contributed by atoms with E-state index in [1.807, 2.05) is 13.0 Å². The number of nitrogens with two attached hydrogens (primary N) is 1. The van der Waals surface area contributed by atoms with Crippen LogP contribution in [0.3, 0.4) is 0 Å². The van der Waals surface area contributed by atoms with Gasteiger partial charge in [0.15, 0.2) is 9.84 Å². The fraction of sp³-hybridized carbons (Fsp3) is 0.500. The molecule has 3 nitrogen and oxygen atoms in total. The fourth-order valence-corrected chi connectivity index (χ4v) is 2.46. The molecule has 1 aromatic carbocycles. The van der Waals surface area contributed by atoms with Crippen molar-refractivity contribution in [2.24, 2.45) is 5.73 Å². The predicted molar refractivity (Wildman–Crippen MR) is 64.1 cm³/mol. The maximum Gasteiger partial charge on any atom is 0.175 e. The first kappa shape index (κ1) is 11.6.